The van der Waals surface area contributed by atoms with E-state index in [1.165, 1.54) is 0 Å². The molecule has 1 heterocycles. The molecule has 0 aromatic heterocycles. The van der Waals surface area contributed by atoms with Crippen LogP contribution in [-0.2, 0) is 10.0 Å². The van der Waals surface area contributed by atoms with Crippen molar-refractivity contribution in [2.45, 2.75) is 37.6 Å². The molecule has 0 amide bonds. The highest BCUT2D eigenvalue weighted by molar-refractivity contribution is 7.89. The average Bonchev–Trinajstić information content (AvgIpc) is 2.46. The third-order valence-corrected chi connectivity index (χ3v) is 6.63. The van der Waals surface area contributed by atoms with Crippen LogP contribution in [0.15, 0.2) is 17.0 Å². The number of nitrogens with zero attached hydrogens (tertiary/aromatic N) is 2. The number of piperidine rings is 1. The van der Waals surface area contributed by atoms with Crippen LogP contribution in [0, 0.1) is 13.8 Å². The monoisotopic (exact) mass is 326 g/mol. The Bertz CT molecular complexity index is 610. The van der Waals surface area contributed by atoms with Crippen LogP contribution in [0.1, 0.15) is 24.0 Å². The lowest BCUT2D eigenvalue weighted by Gasteiger charge is -2.35. The molecular weight excluding hydrogens is 300 g/mol. The van der Waals surface area contributed by atoms with Crippen molar-refractivity contribution >= 4 is 10.0 Å². The normalized spacial score (nSPS) is 17.9. The second-order valence-electron chi connectivity index (χ2n) is 6.19. The van der Waals surface area contributed by atoms with Gasteiger partial charge in [-0.05, 0) is 64.0 Å². The van der Waals surface area contributed by atoms with Crippen molar-refractivity contribution in [3.8, 4) is 5.75 Å². The number of rotatable bonds is 4. The predicted octanol–water partition coefficient (Wildman–Crippen LogP) is 2.03. The summed E-state index contributed by atoms with van der Waals surface area (Å²) in [7, 11) is 2.25. The van der Waals surface area contributed by atoms with Crippen LogP contribution < -0.4 is 4.74 Å². The lowest BCUT2D eigenvalue weighted by Crippen LogP contribution is -2.44. The summed E-state index contributed by atoms with van der Waals surface area (Å²) < 4.78 is 32.8. The fourth-order valence-electron chi connectivity index (χ4n) is 3.16. The third kappa shape index (κ3) is 3.29. The van der Waals surface area contributed by atoms with Crippen molar-refractivity contribution in [2.24, 2.45) is 0 Å². The van der Waals surface area contributed by atoms with Crippen molar-refractivity contribution in [3.05, 3.63) is 23.3 Å². The summed E-state index contributed by atoms with van der Waals surface area (Å²) >= 11 is 0. The fraction of sp³-hybridized carbons (Fsp3) is 0.625. The zero-order chi connectivity index (χ0) is 16.5. The molecule has 1 aliphatic heterocycles. The van der Waals surface area contributed by atoms with E-state index in [1.807, 2.05) is 27.9 Å². The Morgan fingerprint density at radius 2 is 1.64 bits per heavy atom. The van der Waals surface area contributed by atoms with Crippen LogP contribution >= 0.6 is 0 Å². The van der Waals surface area contributed by atoms with Gasteiger partial charge in [0.1, 0.15) is 5.75 Å². The Morgan fingerprint density at radius 3 is 2.05 bits per heavy atom. The van der Waals surface area contributed by atoms with Crippen LogP contribution in [0.5, 0.6) is 5.75 Å². The summed E-state index contributed by atoms with van der Waals surface area (Å²) in [4.78, 5) is 2.60. The van der Waals surface area contributed by atoms with E-state index in [0.29, 0.717) is 29.8 Å². The lowest BCUT2D eigenvalue weighted by molar-refractivity contribution is 0.196. The molecule has 0 N–H and O–H groups in total. The van der Waals surface area contributed by atoms with E-state index in [2.05, 4.69) is 4.90 Å². The quantitative estimate of drug-likeness (QED) is 0.849. The Labute approximate surface area is 133 Å². The molecule has 0 bridgehead atoms. The minimum absolute atomic E-state index is 0.427. The first-order valence-corrected chi connectivity index (χ1v) is 9.03. The van der Waals surface area contributed by atoms with Crippen LogP contribution in [-0.4, -0.2) is 58.0 Å². The number of hydrogen-bond acceptors (Lipinski definition) is 4. The van der Waals surface area contributed by atoms with Gasteiger partial charge in [0.25, 0.3) is 0 Å². The molecule has 1 aromatic carbocycles. The predicted molar refractivity (Wildman–Crippen MR) is 87.9 cm³/mol. The molecule has 6 heteroatoms. The van der Waals surface area contributed by atoms with Gasteiger partial charge in [-0.3, -0.25) is 0 Å². The minimum atomic E-state index is -3.44. The van der Waals surface area contributed by atoms with Crippen LogP contribution in [0.2, 0.25) is 0 Å². The molecule has 5 nitrogen and oxygen atoms in total. The van der Waals surface area contributed by atoms with Crippen LogP contribution in [0.3, 0.4) is 0 Å². The highest BCUT2D eigenvalue weighted by Crippen LogP contribution is 2.30. The maximum atomic E-state index is 13.0. The lowest BCUT2D eigenvalue weighted by atomic mass is 10.1. The Balaban J connectivity index is 2.29. The molecule has 1 saturated heterocycles. The Morgan fingerprint density at radius 1 is 1.14 bits per heavy atom. The van der Waals surface area contributed by atoms with Gasteiger partial charge in [-0.15, -0.1) is 0 Å². The number of methoxy groups -OCH3 is 1. The summed E-state index contributed by atoms with van der Waals surface area (Å²) in [6, 6.07) is 4.03. The number of sulfonamides is 1. The van der Waals surface area contributed by atoms with E-state index in [0.717, 1.165) is 24.0 Å². The van der Waals surface area contributed by atoms with Crippen molar-refractivity contribution < 1.29 is 13.2 Å². The molecule has 0 unspecified atom stereocenters. The van der Waals surface area contributed by atoms with E-state index in [-0.39, 0.29) is 0 Å². The zero-order valence-corrected chi connectivity index (χ0v) is 14.9. The molecule has 0 aliphatic carbocycles. The van der Waals surface area contributed by atoms with Crippen molar-refractivity contribution in [1.29, 1.82) is 0 Å². The first-order chi connectivity index (χ1) is 10.3. The zero-order valence-electron chi connectivity index (χ0n) is 14.1. The standard InChI is InChI=1S/C16H26N2O3S/c1-12-10-15(21-5)11-13(2)16(12)22(19,20)18-8-6-14(7-9-18)17(3)4/h10-11,14H,6-9H2,1-5H3. The van der Waals surface area contributed by atoms with Gasteiger partial charge in [-0.1, -0.05) is 0 Å². The number of aryl methyl sites for hydroxylation is 2. The van der Waals surface area contributed by atoms with E-state index < -0.39 is 10.0 Å². The maximum Gasteiger partial charge on any atom is 0.243 e. The molecule has 0 radical (unpaired) electrons. The number of ether oxygens (including phenoxy) is 1. The van der Waals surface area contributed by atoms with E-state index >= 15 is 0 Å². The summed E-state index contributed by atoms with van der Waals surface area (Å²) in [6.07, 6.45) is 1.75. The van der Waals surface area contributed by atoms with Crippen LogP contribution in [0.25, 0.3) is 0 Å². The van der Waals surface area contributed by atoms with Crippen LogP contribution in [0.4, 0.5) is 0 Å². The smallest absolute Gasteiger partial charge is 0.243 e. The molecule has 1 fully saturated rings. The van der Waals surface area contributed by atoms with E-state index in [1.54, 1.807) is 23.5 Å². The minimum Gasteiger partial charge on any atom is -0.497 e. The van der Waals surface area contributed by atoms with Crippen molar-refractivity contribution in [1.82, 2.24) is 9.21 Å². The second-order valence-corrected chi connectivity index (χ2v) is 8.06. The Hall–Kier alpha value is -1.11. The molecule has 1 aliphatic rings. The molecule has 0 spiro atoms. The third-order valence-electron chi connectivity index (χ3n) is 4.42. The molecular formula is C16H26N2O3S. The average molecular weight is 326 g/mol. The largest absolute Gasteiger partial charge is 0.497 e. The summed E-state index contributed by atoms with van der Waals surface area (Å²) in [5.41, 5.74) is 1.48. The summed E-state index contributed by atoms with van der Waals surface area (Å²) in [5, 5.41) is 0. The highest BCUT2D eigenvalue weighted by Gasteiger charge is 2.32. The molecule has 0 saturated carbocycles. The molecule has 1 aromatic rings. The molecule has 22 heavy (non-hydrogen) atoms. The van der Waals surface area contributed by atoms with Gasteiger partial charge in [-0.25, -0.2) is 8.42 Å². The summed E-state index contributed by atoms with van der Waals surface area (Å²) in [6.45, 7) is 4.82. The van der Waals surface area contributed by atoms with Gasteiger partial charge < -0.3 is 9.64 Å². The number of benzene rings is 1. The maximum absolute atomic E-state index is 13.0. The molecule has 2 rings (SSSR count). The SMILES string of the molecule is COc1cc(C)c(S(=O)(=O)N2CCC(N(C)C)CC2)c(C)c1. The number of hydrogen-bond donors (Lipinski definition) is 0. The first-order valence-electron chi connectivity index (χ1n) is 7.59. The fourth-order valence-corrected chi connectivity index (χ4v) is 5.04. The summed E-state index contributed by atoms with van der Waals surface area (Å²) in [5.74, 6) is 0.695. The van der Waals surface area contributed by atoms with Gasteiger partial charge >= 0.3 is 0 Å². The van der Waals surface area contributed by atoms with E-state index in [4.69, 9.17) is 4.74 Å². The van der Waals surface area contributed by atoms with Gasteiger partial charge in [-0.2, -0.15) is 4.31 Å². The Kier molecular flexibility index (Phi) is 5.14. The second kappa shape index (κ2) is 6.56. The van der Waals surface area contributed by atoms with Gasteiger partial charge in [0.2, 0.25) is 10.0 Å². The molecule has 0 atom stereocenters. The highest BCUT2D eigenvalue weighted by atomic mass is 32.2. The van der Waals surface area contributed by atoms with Gasteiger partial charge in [0.15, 0.2) is 0 Å². The topological polar surface area (TPSA) is 49.9 Å². The molecule has 124 valence electrons. The van der Waals surface area contributed by atoms with Gasteiger partial charge in [0.05, 0.1) is 12.0 Å². The first kappa shape index (κ1) is 17.2. The van der Waals surface area contributed by atoms with Gasteiger partial charge in [0, 0.05) is 19.1 Å². The van der Waals surface area contributed by atoms with E-state index in [9.17, 15) is 8.42 Å². The van der Waals surface area contributed by atoms with Crippen molar-refractivity contribution in [2.75, 3.05) is 34.3 Å². The van der Waals surface area contributed by atoms with Crippen molar-refractivity contribution in [3.63, 3.8) is 0 Å².